The number of nitro benzene ring substituents is 1. The molecule has 9 heteroatoms. The monoisotopic (exact) mass is 460 g/mol. The van der Waals surface area contributed by atoms with Gasteiger partial charge in [0.1, 0.15) is 12.4 Å². The Labute approximate surface area is 175 Å². The van der Waals surface area contributed by atoms with E-state index in [0.717, 1.165) is 5.56 Å². The number of rotatable bonds is 9. The van der Waals surface area contributed by atoms with Crippen LogP contribution in [0.1, 0.15) is 5.56 Å². The van der Waals surface area contributed by atoms with Gasteiger partial charge in [0.2, 0.25) is 0 Å². The first-order chi connectivity index (χ1) is 13.9. The fourth-order valence-corrected chi connectivity index (χ4v) is 2.55. The first-order valence-electron chi connectivity index (χ1n) is 8.31. The lowest BCUT2D eigenvalue weighted by molar-refractivity contribution is -0.384. The van der Waals surface area contributed by atoms with E-state index >= 15 is 0 Å². The highest BCUT2D eigenvalue weighted by molar-refractivity contribution is 9.10. The van der Waals surface area contributed by atoms with E-state index in [4.69, 9.17) is 9.47 Å². The number of halogens is 1. The minimum atomic E-state index is -0.685. The molecule has 0 bridgehead atoms. The van der Waals surface area contributed by atoms with Gasteiger partial charge in [0, 0.05) is 22.7 Å². The third-order valence-corrected chi connectivity index (χ3v) is 4.10. The maximum absolute atomic E-state index is 11.9. The Morgan fingerprint density at radius 3 is 2.55 bits per heavy atom. The summed E-state index contributed by atoms with van der Waals surface area (Å²) in [5, 5.41) is 13.2. The average molecular weight is 461 g/mol. The van der Waals surface area contributed by atoms with Crippen LogP contribution in [0.5, 0.6) is 5.75 Å². The number of carbonyl (C=O) groups is 2. The summed E-state index contributed by atoms with van der Waals surface area (Å²) in [6, 6.07) is 10.9. The van der Waals surface area contributed by atoms with E-state index in [1.807, 2.05) is 0 Å². The van der Waals surface area contributed by atoms with Crippen LogP contribution in [0, 0.1) is 10.1 Å². The van der Waals surface area contributed by atoms with E-state index in [1.54, 1.807) is 36.4 Å². The van der Waals surface area contributed by atoms with Crippen LogP contribution in [-0.2, 0) is 14.3 Å². The zero-order valence-electron chi connectivity index (χ0n) is 15.2. The number of nitrogens with one attached hydrogen (secondary N) is 1. The molecule has 0 atom stereocenters. The van der Waals surface area contributed by atoms with E-state index in [-0.39, 0.29) is 5.69 Å². The Morgan fingerprint density at radius 1 is 1.21 bits per heavy atom. The van der Waals surface area contributed by atoms with Crippen LogP contribution in [0.3, 0.4) is 0 Å². The van der Waals surface area contributed by atoms with E-state index in [0.29, 0.717) is 22.5 Å². The van der Waals surface area contributed by atoms with Gasteiger partial charge >= 0.3 is 5.97 Å². The van der Waals surface area contributed by atoms with Crippen LogP contribution in [0.4, 0.5) is 11.4 Å². The molecule has 0 saturated heterocycles. The van der Waals surface area contributed by atoms with Gasteiger partial charge in [-0.25, -0.2) is 4.79 Å². The van der Waals surface area contributed by atoms with Crippen LogP contribution in [-0.4, -0.2) is 30.0 Å². The molecule has 0 spiro atoms. The summed E-state index contributed by atoms with van der Waals surface area (Å²) in [4.78, 5) is 33.8. The number of benzene rings is 2. The maximum atomic E-state index is 11.9. The van der Waals surface area contributed by atoms with Gasteiger partial charge in [0.05, 0.1) is 10.6 Å². The summed E-state index contributed by atoms with van der Waals surface area (Å²) in [5.74, 6) is -0.585. The Bertz CT molecular complexity index is 940. The number of nitro groups is 1. The first-order valence-corrected chi connectivity index (χ1v) is 9.10. The standard InChI is InChI=1S/C20H17BrN2O6/c1-2-11-28-16-7-3-14(4-8-16)5-10-20(25)29-13-19(24)22-18-9-6-15(23(26)27)12-17(18)21/h2-10,12H,1,11,13H2,(H,22,24)/b10-5+. The molecule has 1 N–H and O–H groups in total. The molecular weight excluding hydrogens is 444 g/mol. The normalized spacial score (nSPS) is 10.4. The predicted molar refractivity (Wildman–Crippen MR) is 112 cm³/mol. The molecule has 150 valence electrons. The van der Waals surface area contributed by atoms with Gasteiger partial charge in [-0.1, -0.05) is 24.8 Å². The van der Waals surface area contributed by atoms with Crippen LogP contribution in [0.2, 0.25) is 0 Å². The van der Waals surface area contributed by atoms with Crippen molar-refractivity contribution in [1.29, 1.82) is 0 Å². The minimum absolute atomic E-state index is 0.119. The van der Waals surface area contributed by atoms with Gasteiger partial charge in [0.15, 0.2) is 6.61 Å². The Kier molecular flexibility index (Phi) is 8.11. The van der Waals surface area contributed by atoms with E-state index in [2.05, 4.69) is 27.8 Å². The van der Waals surface area contributed by atoms with Crippen molar-refractivity contribution in [2.45, 2.75) is 0 Å². The largest absolute Gasteiger partial charge is 0.490 e. The van der Waals surface area contributed by atoms with E-state index in [9.17, 15) is 19.7 Å². The van der Waals surface area contributed by atoms with Crippen molar-refractivity contribution in [2.24, 2.45) is 0 Å². The Balaban J connectivity index is 1.82. The highest BCUT2D eigenvalue weighted by Crippen LogP contribution is 2.27. The summed E-state index contributed by atoms with van der Waals surface area (Å²) in [7, 11) is 0. The second kappa shape index (κ2) is 10.8. The van der Waals surface area contributed by atoms with Crippen molar-refractivity contribution in [3.63, 3.8) is 0 Å². The summed E-state index contributed by atoms with van der Waals surface area (Å²) in [5.41, 5.74) is 0.963. The average Bonchev–Trinajstić information content (AvgIpc) is 2.71. The molecule has 2 rings (SSSR count). The molecule has 29 heavy (non-hydrogen) atoms. The number of esters is 1. The summed E-state index contributed by atoms with van der Waals surface area (Å²) in [6.45, 7) is 3.47. The topological polar surface area (TPSA) is 108 Å². The SMILES string of the molecule is C=CCOc1ccc(/C=C/C(=O)OCC(=O)Nc2ccc([N+](=O)[O-])cc2Br)cc1. The number of ether oxygens (including phenoxy) is 2. The number of amides is 1. The molecule has 0 aromatic heterocycles. The van der Waals surface area contributed by atoms with Gasteiger partial charge < -0.3 is 14.8 Å². The quantitative estimate of drug-likeness (QED) is 0.198. The van der Waals surface area contributed by atoms with Gasteiger partial charge in [-0.05, 0) is 45.8 Å². The number of carbonyl (C=O) groups excluding carboxylic acids is 2. The number of hydrogen-bond donors (Lipinski definition) is 1. The Morgan fingerprint density at radius 2 is 1.93 bits per heavy atom. The van der Waals surface area contributed by atoms with Crippen molar-refractivity contribution >= 4 is 45.3 Å². The minimum Gasteiger partial charge on any atom is -0.490 e. The molecule has 0 aliphatic carbocycles. The molecule has 0 fully saturated rings. The molecule has 0 heterocycles. The lowest BCUT2D eigenvalue weighted by Crippen LogP contribution is -2.20. The Hall–Kier alpha value is -3.46. The van der Waals surface area contributed by atoms with Gasteiger partial charge in [0.25, 0.3) is 11.6 Å². The number of non-ortho nitro benzene ring substituents is 1. The second-order valence-corrected chi connectivity index (χ2v) is 6.43. The summed E-state index contributed by atoms with van der Waals surface area (Å²) in [6.07, 6.45) is 4.39. The molecule has 8 nitrogen and oxygen atoms in total. The van der Waals surface area contributed by atoms with Gasteiger partial charge in [-0.15, -0.1) is 0 Å². The smallest absolute Gasteiger partial charge is 0.331 e. The van der Waals surface area contributed by atoms with Crippen LogP contribution in [0.15, 0.2) is 65.7 Å². The highest BCUT2D eigenvalue weighted by Gasteiger charge is 2.12. The van der Waals surface area contributed by atoms with Crippen LogP contribution >= 0.6 is 15.9 Å². The number of anilines is 1. The van der Waals surface area contributed by atoms with E-state index < -0.39 is 23.4 Å². The van der Waals surface area contributed by atoms with Gasteiger partial charge in [-0.2, -0.15) is 0 Å². The van der Waals surface area contributed by atoms with Crippen molar-refractivity contribution in [1.82, 2.24) is 0 Å². The fourth-order valence-electron chi connectivity index (χ4n) is 2.08. The second-order valence-electron chi connectivity index (χ2n) is 5.58. The van der Waals surface area contributed by atoms with Gasteiger partial charge in [-0.3, -0.25) is 14.9 Å². The molecule has 0 radical (unpaired) electrons. The molecular formula is C20H17BrN2O6. The molecule has 0 unspecified atom stereocenters. The lowest BCUT2D eigenvalue weighted by atomic mass is 10.2. The molecule has 0 saturated carbocycles. The highest BCUT2D eigenvalue weighted by atomic mass is 79.9. The molecule has 2 aromatic carbocycles. The lowest BCUT2D eigenvalue weighted by Gasteiger charge is -2.07. The van der Waals surface area contributed by atoms with Crippen molar-refractivity contribution in [3.05, 3.63) is 81.3 Å². The third kappa shape index (κ3) is 7.23. The summed E-state index contributed by atoms with van der Waals surface area (Å²) >= 11 is 3.14. The van der Waals surface area contributed by atoms with Crippen LogP contribution in [0.25, 0.3) is 6.08 Å². The summed E-state index contributed by atoms with van der Waals surface area (Å²) < 4.78 is 10.6. The number of nitrogens with zero attached hydrogens (tertiary/aromatic N) is 1. The van der Waals surface area contributed by atoms with Crippen molar-refractivity contribution in [3.8, 4) is 5.75 Å². The molecule has 0 aliphatic heterocycles. The molecule has 1 amide bonds. The van der Waals surface area contributed by atoms with E-state index in [1.165, 1.54) is 24.3 Å². The fraction of sp³-hybridized carbons (Fsp3) is 0.100. The molecule has 2 aromatic rings. The maximum Gasteiger partial charge on any atom is 0.331 e. The van der Waals surface area contributed by atoms with Crippen LogP contribution < -0.4 is 10.1 Å². The van der Waals surface area contributed by atoms with Crippen molar-refractivity contribution in [2.75, 3.05) is 18.5 Å². The zero-order chi connectivity index (χ0) is 21.2. The number of hydrogen-bond acceptors (Lipinski definition) is 6. The predicted octanol–water partition coefficient (Wildman–Crippen LogP) is 4.12. The zero-order valence-corrected chi connectivity index (χ0v) is 16.8. The molecule has 0 aliphatic rings. The van der Waals surface area contributed by atoms with Crippen molar-refractivity contribution < 1.29 is 24.0 Å². The first kappa shape index (κ1) is 21.8. The third-order valence-electron chi connectivity index (χ3n) is 3.44.